The van der Waals surface area contributed by atoms with Gasteiger partial charge in [0.05, 0.1) is 6.10 Å². The van der Waals surface area contributed by atoms with Gasteiger partial charge in [-0.3, -0.25) is 9.09 Å². The van der Waals surface area contributed by atoms with Crippen LogP contribution in [0.4, 0.5) is 0 Å². The molecular formula is C25H29O3P. The van der Waals surface area contributed by atoms with Gasteiger partial charge in [0.1, 0.15) is 0 Å². The van der Waals surface area contributed by atoms with Gasteiger partial charge in [0.2, 0.25) is 0 Å². The molecule has 5 atom stereocenters. The van der Waals surface area contributed by atoms with Gasteiger partial charge in [0.25, 0.3) is 0 Å². The Morgan fingerprint density at radius 1 is 0.862 bits per heavy atom. The minimum Gasteiger partial charge on any atom is -0.348 e. The van der Waals surface area contributed by atoms with Crippen molar-refractivity contribution in [1.29, 1.82) is 0 Å². The Morgan fingerprint density at radius 2 is 1.34 bits per heavy atom. The summed E-state index contributed by atoms with van der Waals surface area (Å²) in [6.45, 7) is 13.7. The summed E-state index contributed by atoms with van der Waals surface area (Å²) in [5.41, 5.74) is 0. The van der Waals surface area contributed by atoms with Crippen molar-refractivity contribution >= 4 is 7.37 Å². The molecule has 1 aliphatic heterocycles. The van der Waals surface area contributed by atoms with Crippen LogP contribution in [0.3, 0.4) is 0 Å². The first-order valence-electron chi connectivity index (χ1n) is 9.44. The number of ether oxygens (including phenoxy) is 1. The van der Waals surface area contributed by atoms with E-state index in [-0.39, 0.29) is 12.4 Å². The Labute approximate surface area is 177 Å². The van der Waals surface area contributed by atoms with Gasteiger partial charge in [0, 0.05) is 19.2 Å². The monoisotopic (exact) mass is 408 g/mol. The molecular weight excluding hydrogens is 379 g/mol. The summed E-state index contributed by atoms with van der Waals surface area (Å²) in [4.78, 5) is 0. The van der Waals surface area contributed by atoms with Crippen LogP contribution in [0.1, 0.15) is 41.0 Å². The first kappa shape index (κ1) is 26.5. The third-order valence-electron chi connectivity index (χ3n) is 4.44. The minimum absolute atomic E-state index is 0.225. The van der Waals surface area contributed by atoms with Crippen LogP contribution >= 0.6 is 7.37 Å². The summed E-state index contributed by atoms with van der Waals surface area (Å²) in [6, 6.07) is 0. The second-order valence-electron chi connectivity index (χ2n) is 6.91. The highest BCUT2D eigenvalue weighted by atomic mass is 31.2. The highest BCUT2D eigenvalue weighted by molar-refractivity contribution is 7.57. The van der Waals surface area contributed by atoms with Crippen LogP contribution in [-0.4, -0.2) is 25.7 Å². The third kappa shape index (κ3) is 11.8. The standard InChI is InChI=1S/C13H4.C12H25O3P/c1-3-5-7-9-11-13-12-10-8-6-4-2;1-7-11-9(3)8(2)10(4)12(14-11)15-16(5,6)13/h1H,2H3;8-12H,7H2,1-6H3. The maximum Gasteiger partial charge on any atom is 0.199 e. The van der Waals surface area contributed by atoms with Crippen molar-refractivity contribution in [2.24, 2.45) is 17.8 Å². The van der Waals surface area contributed by atoms with Crippen molar-refractivity contribution in [3.63, 3.8) is 0 Å². The number of hydrogen-bond acceptors (Lipinski definition) is 3. The number of terminal acetylenes is 1. The van der Waals surface area contributed by atoms with Crippen LogP contribution in [0.25, 0.3) is 0 Å². The van der Waals surface area contributed by atoms with Crippen molar-refractivity contribution in [2.75, 3.05) is 13.3 Å². The molecule has 0 spiro atoms. The molecule has 0 aliphatic carbocycles. The lowest BCUT2D eigenvalue weighted by Crippen LogP contribution is -2.45. The maximum atomic E-state index is 11.7. The molecule has 152 valence electrons. The van der Waals surface area contributed by atoms with Gasteiger partial charge in [-0.15, -0.1) is 6.42 Å². The van der Waals surface area contributed by atoms with E-state index in [0.29, 0.717) is 17.8 Å². The Bertz CT molecular complexity index is 921. The number of rotatable bonds is 3. The minimum atomic E-state index is -2.48. The largest absolute Gasteiger partial charge is 0.348 e. The zero-order valence-corrected chi connectivity index (χ0v) is 19.2. The van der Waals surface area contributed by atoms with Crippen LogP contribution in [0.5, 0.6) is 0 Å². The molecule has 29 heavy (non-hydrogen) atoms. The van der Waals surface area contributed by atoms with E-state index in [2.05, 4.69) is 92.8 Å². The van der Waals surface area contributed by atoms with Crippen LogP contribution in [-0.2, 0) is 13.8 Å². The van der Waals surface area contributed by atoms with Crippen LogP contribution in [0.2, 0.25) is 0 Å². The third-order valence-corrected chi connectivity index (χ3v) is 5.16. The first-order valence-corrected chi connectivity index (χ1v) is 12.0. The topological polar surface area (TPSA) is 35.5 Å². The maximum absolute atomic E-state index is 11.7. The lowest BCUT2D eigenvalue weighted by Gasteiger charge is -2.43. The number of hydrogen-bond donors (Lipinski definition) is 0. The fraction of sp³-hybridized carbons (Fsp3) is 0.520. The zero-order chi connectivity index (χ0) is 22.3. The molecule has 1 heterocycles. The van der Waals surface area contributed by atoms with Gasteiger partial charge in [0.15, 0.2) is 13.7 Å². The lowest BCUT2D eigenvalue weighted by atomic mass is 9.78. The SMILES string of the molecule is C#CC#CC#CC#CC#CC#CC.CCC1OC(OP(C)(C)=O)C(C)C(C)C1C. The van der Waals surface area contributed by atoms with Crippen molar-refractivity contribution in [3.8, 4) is 71.5 Å². The molecule has 0 saturated carbocycles. The molecule has 1 rings (SSSR count). The van der Waals surface area contributed by atoms with Gasteiger partial charge in [-0.2, -0.15) is 0 Å². The molecule has 0 aromatic rings. The Hall–Kier alpha value is -2.49. The van der Waals surface area contributed by atoms with E-state index in [9.17, 15) is 4.57 Å². The van der Waals surface area contributed by atoms with E-state index in [4.69, 9.17) is 15.7 Å². The summed E-state index contributed by atoms with van der Waals surface area (Å²) >= 11 is 0. The molecule has 3 nitrogen and oxygen atoms in total. The smallest absolute Gasteiger partial charge is 0.199 e. The van der Waals surface area contributed by atoms with Crippen molar-refractivity contribution in [1.82, 2.24) is 0 Å². The molecule has 0 aromatic carbocycles. The van der Waals surface area contributed by atoms with Gasteiger partial charge in [-0.1, -0.05) is 33.6 Å². The second kappa shape index (κ2) is 14.5. The van der Waals surface area contributed by atoms with Gasteiger partial charge >= 0.3 is 0 Å². The Morgan fingerprint density at radius 3 is 1.76 bits per heavy atom. The van der Waals surface area contributed by atoms with Gasteiger partial charge in [-0.05, 0) is 84.4 Å². The fourth-order valence-corrected chi connectivity index (χ4v) is 3.38. The van der Waals surface area contributed by atoms with E-state index in [1.165, 1.54) is 0 Å². The Kier molecular flexibility index (Phi) is 13.3. The first-order chi connectivity index (χ1) is 13.7. The van der Waals surface area contributed by atoms with E-state index < -0.39 is 7.37 Å². The van der Waals surface area contributed by atoms with Crippen LogP contribution in [0.15, 0.2) is 0 Å². The summed E-state index contributed by atoms with van der Waals surface area (Å²) in [7, 11) is -2.48. The summed E-state index contributed by atoms with van der Waals surface area (Å²) in [5, 5.41) is 0. The highest BCUT2D eigenvalue weighted by Gasteiger charge is 2.40. The normalized spacial score (nSPS) is 24.3. The van der Waals surface area contributed by atoms with E-state index in [0.717, 1.165) is 6.42 Å². The zero-order valence-electron chi connectivity index (χ0n) is 18.3. The molecule has 0 N–H and O–H groups in total. The van der Waals surface area contributed by atoms with Crippen molar-refractivity contribution in [2.45, 2.75) is 53.4 Å². The molecule has 4 heteroatoms. The average molecular weight is 408 g/mol. The predicted molar refractivity (Wildman–Crippen MR) is 120 cm³/mol. The predicted octanol–water partition coefficient (Wildman–Crippen LogP) is 4.24. The molecule has 5 unspecified atom stereocenters. The van der Waals surface area contributed by atoms with Crippen molar-refractivity contribution in [3.05, 3.63) is 0 Å². The summed E-state index contributed by atoms with van der Waals surface area (Å²) in [6.07, 6.45) is 5.76. The molecule has 1 saturated heterocycles. The van der Waals surface area contributed by atoms with Crippen LogP contribution in [0, 0.1) is 89.3 Å². The molecule has 0 bridgehead atoms. The summed E-state index contributed by atoms with van der Waals surface area (Å²) < 4.78 is 23.2. The Balaban J connectivity index is 0.000000555. The van der Waals surface area contributed by atoms with E-state index >= 15 is 0 Å². The van der Waals surface area contributed by atoms with E-state index in [1.807, 2.05) is 0 Å². The summed E-state index contributed by atoms with van der Waals surface area (Å²) in [5.74, 6) is 28.3. The van der Waals surface area contributed by atoms with Crippen molar-refractivity contribution < 1.29 is 13.8 Å². The lowest BCUT2D eigenvalue weighted by molar-refractivity contribution is -0.210. The molecule has 1 fully saturated rings. The molecule has 0 amide bonds. The average Bonchev–Trinajstić information content (AvgIpc) is 2.67. The van der Waals surface area contributed by atoms with Gasteiger partial charge in [-0.25, -0.2) is 0 Å². The van der Waals surface area contributed by atoms with Crippen LogP contribution < -0.4 is 0 Å². The highest BCUT2D eigenvalue weighted by Crippen LogP contribution is 2.45. The quantitative estimate of drug-likeness (QED) is 0.518. The van der Waals surface area contributed by atoms with E-state index in [1.54, 1.807) is 20.3 Å². The molecule has 0 radical (unpaired) electrons. The molecule has 1 aliphatic rings. The van der Waals surface area contributed by atoms with Gasteiger partial charge < -0.3 is 4.74 Å². The molecule has 0 aromatic heterocycles. The fourth-order valence-electron chi connectivity index (χ4n) is 2.64. The second-order valence-corrected chi connectivity index (χ2v) is 9.62.